The van der Waals surface area contributed by atoms with Crippen molar-refractivity contribution in [2.45, 2.75) is 20.0 Å². The van der Waals surface area contributed by atoms with E-state index < -0.39 is 5.82 Å². The molecule has 0 aliphatic carbocycles. The molecule has 0 atom stereocenters. The van der Waals surface area contributed by atoms with Crippen molar-refractivity contribution < 1.29 is 14.0 Å². The third-order valence-electron chi connectivity index (χ3n) is 1.88. The van der Waals surface area contributed by atoms with Crippen LogP contribution in [0.5, 0.6) is 0 Å². The zero-order valence-corrected chi connectivity index (χ0v) is 8.42. The molecule has 0 radical (unpaired) electrons. The van der Waals surface area contributed by atoms with Crippen LogP contribution in [0.25, 0.3) is 0 Å². The van der Waals surface area contributed by atoms with Gasteiger partial charge in [0.15, 0.2) is 0 Å². The van der Waals surface area contributed by atoms with Crippen molar-refractivity contribution in [1.82, 2.24) is 5.48 Å². The highest BCUT2D eigenvalue weighted by Crippen LogP contribution is 2.15. The Morgan fingerprint density at radius 3 is 2.93 bits per heavy atom. The van der Waals surface area contributed by atoms with Crippen molar-refractivity contribution >= 4 is 11.6 Å². The monoisotopic (exact) mass is 212 g/mol. The molecule has 5 heteroatoms. The molecule has 0 saturated carbocycles. The lowest BCUT2D eigenvalue weighted by Gasteiger charge is -2.07. The Morgan fingerprint density at radius 1 is 1.60 bits per heavy atom. The van der Waals surface area contributed by atoms with Crippen LogP contribution in [-0.4, -0.2) is 5.91 Å². The number of amides is 1. The highest BCUT2D eigenvalue weighted by molar-refractivity contribution is 5.74. The van der Waals surface area contributed by atoms with Crippen molar-refractivity contribution in [3.63, 3.8) is 0 Å². The predicted octanol–water partition coefficient (Wildman–Crippen LogP) is 1.37. The Balaban J connectivity index is 2.54. The Morgan fingerprint density at radius 2 is 2.33 bits per heavy atom. The third-order valence-corrected chi connectivity index (χ3v) is 1.88. The summed E-state index contributed by atoms with van der Waals surface area (Å²) in [6.45, 7) is 1.61. The summed E-state index contributed by atoms with van der Waals surface area (Å²) in [5.41, 5.74) is 8.26. The Kier molecular flexibility index (Phi) is 4.05. The van der Waals surface area contributed by atoms with Gasteiger partial charge in [-0.1, -0.05) is 13.0 Å². The summed E-state index contributed by atoms with van der Waals surface area (Å²) in [6, 6.07) is 4.37. The summed E-state index contributed by atoms with van der Waals surface area (Å²) in [6.07, 6.45) is 0.312. The molecule has 1 rings (SSSR count). The SMILES string of the molecule is CCC(=O)NOCc1c(N)cccc1F. The van der Waals surface area contributed by atoms with Gasteiger partial charge in [0.05, 0.1) is 0 Å². The van der Waals surface area contributed by atoms with Gasteiger partial charge in [0.25, 0.3) is 0 Å². The summed E-state index contributed by atoms with van der Waals surface area (Å²) < 4.78 is 13.2. The summed E-state index contributed by atoms with van der Waals surface area (Å²) >= 11 is 0. The van der Waals surface area contributed by atoms with E-state index in [0.717, 1.165) is 0 Å². The molecule has 0 bridgehead atoms. The molecule has 0 aromatic heterocycles. The molecule has 0 fully saturated rings. The number of nitrogen functional groups attached to an aromatic ring is 1. The second kappa shape index (κ2) is 5.31. The lowest BCUT2D eigenvalue weighted by Crippen LogP contribution is -2.22. The van der Waals surface area contributed by atoms with Gasteiger partial charge in [-0.15, -0.1) is 0 Å². The van der Waals surface area contributed by atoms with Crippen LogP contribution >= 0.6 is 0 Å². The van der Waals surface area contributed by atoms with Gasteiger partial charge < -0.3 is 5.73 Å². The molecule has 0 aliphatic rings. The van der Waals surface area contributed by atoms with E-state index in [1.165, 1.54) is 12.1 Å². The number of hydroxylamine groups is 1. The van der Waals surface area contributed by atoms with Crippen LogP contribution in [0.1, 0.15) is 18.9 Å². The number of carbonyl (C=O) groups excluding carboxylic acids is 1. The number of carbonyl (C=O) groups is 1. The Bertz CT molecular complexity index is 335. The van der Waals surface area contributed by atoms with Gasteiger partial charge in [-0.05, 0) is 12.1 Å². The maximum Gasteiger partial charge on any atom is 0.243 e. The van der Waals surface area contributed by atoms with Gasteiger partial charge in [0.1, 0.15) is 12.4 Å². The molecule has 0 spiro atoms. The molecule has 1 amide bonds. The second-order valence-corrected chi connectivity index (χ2v) is 2.98. The molecule has 0 aliphatic heterocycles. The minimum absolute atomic E-state index is 0.0791. The van der Waals surface area contributed by atoms with E-state index in [2.05, 4.69) is 5.48 Å². The minimum atomic E-state index is -0.444. The van der Waals surface area contributed by atoms with Crippen molar-refractivity contribution in [3.05, 3.63) is 29.6 Å². The Hall–Kier alpha value is -1.62. The maximum atomic E-state index is 13.2. The predicted molar refractivity (Wildman–Crippen MR) is 54.0 cm³/mol. The fourth-order valence-electron chi connectivity index (χ4n) is 0.989. The molecular formula is C10H13FN2O2. The highest BCUT2D eigenvalue weighted by atomic mass is 19.1. The second-order valence-electron chi connectivity index (χ2n) is 2.98. The molecule has 15 heavy (non-hydrogen) atoms. The third kappa shape index (κ3) is 3.21. The number of nitrogens with two attached hydrogens (primary N) is 1. The van der Waals surface area contributed by atoms with Crippen LogP contribution in [0.2, 0.25) is 0 Å². The zero-order chi connectivity index (χ0) is 11.3. The van der Waals surface area contributed by atoms with Crippen LogP contribution < -0.4 is 11.2 Å². The number of benzene rings is 1. The molecule has 1 aromatic carbocycles. The average Bonchev–Trinajstić information content (AvgIpc) is 2.22. The quantitative estimate of drug-likeness (QED) is 0.585. The average molecular weight is 212 g/mol. The van der Waals surface area contributed by atoms with Gasteiger partial charge in [0, 0.05) is 17.7 Å². The molecule has 0 saturated heterocycles. The van der Waals surface area contributed by atoms with Gasteiger partial charge in [0.2, 0.25) is 5.91 Å². The van der Waals surface area contributed by atoms with Crippen molar-refractivity contribution in [3.8, 4) is 0 Å². The Labute approximate surface area is 87.2 Å². The van der Waals surface area contributed by atoms with Crippen LogP contribution in [0, 0.1) is 5.82 Å². The van der Waals surface area contributed by atoms with Gasteiger partial charge in [-0.2, -0.15) is 0 Å². The standard InChI is InChI=1S/C10H13FN2O2/c1-2-10(14)13-15-6-7-8(11)4-3-5-9(7)12/h3-5H,2,6,12H2,1H3,(H,13,14). The van der Waals surface area contributed by atoms with Crippen LogP contribution in [-0.2, 0) is 16.2 Å². The lowest BCUT2D eigenvalue weighted by atomic mass is 10.2. The lowest BCUT2D eigenvalue weighted by molar-refractivity contribution is -0.134. The first-order chi connectivity index (χ1) is 7.15. The summed E-state index contributed by atoms with van der Waals surface area (Å²) in [7, 11) is 0. The molecule has 82 valence electrons. The van der Waals surface area contributed by atoms with Crippen molar-refractivity contribution in [2.24, 2.45) is 0 Å². The van der Waals surface area contributed by atoms with Crippen LogP contribution in [0.15, 0.2) is 18.2 Å². The van der Waals surface area contributed by atoms with Gasteiger partial charge in [-0.25, -0.2) is 9.87 Å². The van der Waals surface area contributed by atoms with E-state index >= 15 is 0 Å². The van der Waals surface area contributed by atoms with E-state index in [1.807, 2.05) is 0 Å². The fraction of sp³-hybridized carbons (Fsp3) is 0.300. The first-order valence-corrected chi connectivity index (χ1v) is 4.58. The minimum Gasteiger partial charge on any atom is -0.398 e. The maximum absolute atomic E-state index is 13.2. The normalized spacial score (nSPS) is 10.0. The number of anilines is 1. The smallest absolute Gasteiger partial charge is 0.243 e. The molecule has 4 nitrogen and oxygen atoms in total. The van der Waals surface area contributed by atoms with E-state index in [-0.39, 0.29) is 18.1 Å². The first-order valence-electron chi connectivity index (χ1n) is 4.58. The largest absolute Gasteiger partial charge is 0.398 e. The van der Waals surface area contributed by atoms with E-state index in [4.69, 9.17) is 10.6 Å². The van der Waals surface area contributed by atoms with E-state index in [0.29, 0.717) is 12.1 Å². The molecular weight excluding hydrogens is 199 g/mol. The first kappa shape index (κ1) is 11.5. The molecule has 0 heterocycles. The number of hydrogen-bond donors (Lipinski definition) is 2. The topological polar surface area (TPSA) is 64.3 Å². The number of nitrogens with one attached hydrogen (secondary N) is 1. The number of hydrogen-bond acceptors (Lipinski definition) is 3. The molecule has 1 aromatic rings. The van der Waals surface area contributed by atoms with Gasteiger partial charge in [-0.3, -0.25) is 9.63 Å². The molecule has 3 N–H and O–H groups in total. The van der Waals surface area contributed by atoms with Crippen molar-refractivity contribution in [2.75, 3.05) is 5.73 Å². The number of halogens is 1. The number of rotatable bonds is 4. The van der Waals surface area contributed by atoms with Crippen LogP contribution in [0.3, 0.4) is 0 Å². The van der Waals surface area contributed by atoms with Gasteiger partial charge >= 0.3 is 0 Å². The van der Waals surface area contributed by atoms with E-state index in [9.17, 15) is 9.18 Å². The fourth-order valence-corrected chi connectivity index (χ4v) is 0.989. The zero-order valence-electron chi connectivity index (χ0n) is 8.42. The summed E-state index contributed by atoms with van der Waals surface area (Å²) in [4.78, 5) is 15.6. The molecule has 0 unspecified atom stereocenters. The summed E-state index contributed by atoms with van der Waals surface area (Å²) in [5.74, 6) is -0.703. The summed E-state index contributed by atoms with van der Waals surface area (Å²) in [5, 5.41) is 0. The van der Waals surface area contributed by atoms with E-state index in [1.54, 1.807) is 13.0 Å². The van der Waals surface area contributed by atoms with Crippen molar-refractivity contribution in [1.29, 1.82) is 0 Å². The highest BCUT2D eigenvalue weighted by Gasteiger charge is 2.06. The van der Waals surface area contributed by atoms with Crippen LogP contribution in [0.4, 0.5) is 10.1 Å².